The van der Waals surface area contributed by atoms with Crippen molar-refractivity contribution in [1.29, 1.82) is 0 Å². The van der Waals surface area contributed by atoms with E-state index in [9.17, 15) is 9.50 Å². The van der Waals surface area contributed by atoms with Crippen LogP contribution in [0.1, 0.15) is 23.1 Å². The van der Waals surface area contributed by atoms with Crippen LogP contribution < -0.4 is 5.32 Å². The number of hydrogen-bond donors (Lipinski definition) is 2. The molecule has 1 heterocycles. The highest BCUT2D eigenvalue weighted by atomic mass is 19.1. The molecule has 0 spiro atoms. The number of halogens is 1. The number of nitrogens with one attached hydrogen (secondary N) is 1. The van der Waals surface area contributed by atoms with Gasteiger partial charge in [-0.3, -0.25) is 4.98 Å². The van der Waals surface area contributed by atoms with Crippen LogP contribution in [0.2, 0.25) is 0 Å². The molecule has 1 aromatic heterocycles. The van der Waals surface area contributed by atoms with Crippen molar-refractivity contribution in [3.63, 3.8) is 0 Å². The molecule has 1 atom stereocenters. The van der Waals surface area contributed by atoms with Gasteiger partial charge in [0, 0.05) is 24.3 Å². The summed E-state index contributed by atoms with van der Waals surface area (Å²) < 4.78 is 13.4. The van der Waals surface area contributed by atoms with Gasteiger partial charge in [0.1, 0.15) is 5.82 Å². The molecule has 100 valence electrons. The lowest BCUT2D eigenvalue weighted by Crippen LogP contribution is -2.22. The number of benzene rings is 1. The van der Waals surface area contributed by atoms with Crippen LogP contribution >= 0.6 is 0 Å². The number of aryl methyl sites for hydroxylation is 1. The van der Waals surface area contributed by atoms with Crippen molar-refractivity contribution in [1.82, 2.24) is 10.3 Å². The summed E-state index contributed by atoms with van der Waals surface area (Å²) in [5.74, 6) is -0.384. The fourth-order valence-electron chi connectivity index (χ4n) is 1.89. The Hall–Kier alpha value is -1.78. The van der Waals surface area contributed by atoms with Crippen molar-refractivity contribution >= 4 is 0 Å². The molecule has 0 saturated carbocycles. The van der Waals surface area contributed by atoms with Crippen molar-refractivity contribution < 1.29 is 9.50 Å². The van der Waals surface area contributed by atoms with Crippen molar-refractivity contribution in [3.8, 4) is 0 Å². The highest BCUT2D eigenvalue weighted by molar-refractivity contribution is 5.20. The molecule has 4 heteroatoms. The third kappa shape index (κ3) is 3.84. The number of aliphatic hydroxyl groups excluding tert-OH is 1. The van der Waals surface area contributed by atoms with Crippen LogP contribution in [0.25, 0.3) is 0 Å². The Kier molecular flexibility index (Phi) is 4.60. The van der Waals surface area contributed by atoms with E-state index in [1.807, 2.05) is 25.1 Å². The molecule has 0 bridgehead atoms. The fraction of sp³-hybridized carbons (Fsp3) is 0.267. The van der Waals surface area contributed by atoms with Crippen LogP contribution in [-0.2, 0) is 6.54 Å². The molecule has 3 nitrogen and oxygen atoms in total. The standard InChI is InChI=1S/C15H17FN2O/c1-11-5-4-6-12(18-11)9-17-10-15(19)13-7-2-3-8-14(13)16/h2-8,15,17,19H,9-10H2,1H3. The predicted molar refractivity (Wildman–Crippen MR) is 72.0 cm³/mol. The Morgan fingerprint density at radius 1 is 1.21 bits per heavy atom. The largest absolute Gasteiger partial charge is 0.387 e. The second-order valence-corrected chi connectivity index (χ2v) is 4.44. The van der Waals surface area contributed by atoms with Crippen LogP contribution in [-0.4, -0.2) is 16.6 Å². The third-order valence-corrected chi connectivity index (χ3v) is 2.85. The Morgan fingerprint density at radius 3 is 2.74 bits per heavy atom. The maximum Gasteiger partial charge on any atom is 0.129 e. The van der Waals surface area contributed by atoms with Crippen LogP contribution in [0.15, 0.2) is 42.5 Å². The zero-order chi connectivity index (χ0) is 13.7. The molecule has 2 rings (SSSR count). The normalized spacial score (nSPS) is 12.4. The van der Waals surface area contributed by atoms with Gasteiger partial charge in [0.25, 0.3) is 0 Å². The topological polar surface area (TPSA) is 45.1 Å². The van der Waals surface area contributed by atoms with E-state index in [4.69, 9.17) is 0 Å². The summed E-state index contributed by atoms with van der Waals surface area (Å²) in [4.78, 5) is 4.34. The lowest BCUT2D eigenvalue weighted by atomic mass is 10.1. The molecule has 0 aliphatic rings. The molecular weight excluding hydrogens is 243 g/mol. The number of pyridine rings is 1. The van der Waals surface area contributed by atoms with Crippen molar-refractivity contribution in [3.05, 3.63) is 65.2 Å². The quantitative estimate of drug-likeness (QED) is 0.867. The van der Waals surface area contributed by atoms with Gasteiger partial charge in [-0.1, -0.05) is 24.3 Å². The average molecular weight is 260 g/mol. The molecule has 0 aliphatic heterocycles. The number of rotatable bonds is 5. The summed E-state index contributed by atoms with van der Waals surface area (Å²) in [5, 5.41) is 13.0. The van der Waals surface area contributed by atoms with E-state index in [0.717, 1.165) is 11.4 Å². The molecule has 1 unspecified atom stereocenters. The second kappa shape index (κ2) is 6.41. The number of aromatic nitrogens is 1. The molecule has 0 saturated heterocycles. The summed E-state index contributed by atoms with van der Waals surface area (Å²) in [7, 11) is 0. The van der Waals surface area contributed by atoms with E-state index in [2.05, 4.69) is 10.3 Å². The minimum Gasteiger partial charge on any atom is -0.387 e. The van der Waals surface area contributed by atoms with Gasteiger partial charge in [0.2, 0.25) is 0 Å². The predicted octanol–water partition coefficient (Wildman–Crippen LogP) is 2.35. The summed E-state index contributed by atoms with van der Waals surface area (Å²) in [5.41, 5.74) is 2.17. The van der Waals surface area contributed by atoms with E-state index in [-0.39, 0.29) is 12.4 Å². The van der Waals surface area contributed by atoms with Gasteiger partial charge < -0.3 is 10.4 Å². The third-order valence-electron chi connectivity index (χ3n) is 2.85. The van der Waals surface area contributed by atoms with Gasteiger partial charge in [0.05, 0.1) is 11.8 Å². The monoisotopic (exact) mass is 260 g/mol. The van der Waals surface area contributed by atoms with Crippen LogP contribution in [0, 0.1) is 12.7 Å². The van der Waals surface area contributed by atoms with Gasteiger partial charge in [-0.15, -0.1) is 0 Å². The van der Waals surface area contributed by atoms with Gasteiger partial charge in [-0.05, 0) is 25.1 Å². The zero-order valence-electron chi connectivity index (χ0n) is 10.8. The molecular formula is C15H17FN2O. The second-order valence-electron chi connectivity index (χ2n) is 4.44. The van der Waals surface area contributed by atoms with Crippen LogP contribution in [0.4, 0.5) is 4.39 Å². The Balaban J connectivity index is 1.88. The maximum atomic E-state index is 13.4. The molecule has 0 fully saturated rings. The van der Waals surface area contributed by atoms with E-state index < -0.39 is 6.10 Å². The lowest BCUT2D eigenvalue weighted by molar-refractivity contribution is 0.169. The van der Waals surface area contributed by atoms with E-state index in [1.165, 1.54) is 6.07 Å². The Morgan fingerprint density at radius 2 is 2.00 bits per heavy atom. The Labute approximate surface area is 112 Å². The fourth-order valence-corrected chi connectivity index (χ4v) is 1.89. The smallest absolute Gasteiger partial charge is 0.129 e. The van der Waals surface area contributed by atoms with E-state index >= 15 is 0 Å². The highest BCUT2D eigenvalue weighted by Crippen LogP contribution is 2.15. The minimum atomic E-state index is -0.856. The summed E-state index contributed by atoms with van der Waals surface area (Å²) in [6, 6.07) is 12.0. The van der Waals surface area contributed by atoms with Gasteiger partial charge in [-0.2, -0.15) is 0 Å². The SMILES string of the molecule is Cc1cccc(CNCC(O)c2ccccc2F)n1. The average Bonchev–Trinajstić information content (AvgIpc) is 2.39. The van der Waals surface area contributed by atoms with Crippen LogP contribution in [0.5, 0.6) is 0 Å². The molecule has 2 aromatic rings. The van der Waals surface area contributed by atoms with Gasteiger partial charge in [0.15, 0.2) is 0 Å². The molecule has 0 aliphatic carbocycles. The van der Waals surface area contributed by atoms with Gasteiger partial charge in [-0.25, -0.2) is 4.39 Å². The highest BCUT2D eigenvalue weighted by Gasteiger charge is 2.11. The number of hydrogen-bond acceptors (Lipinski definition) is 3. The van der Waals surface area contributed by atoms with Crippen molar-refractivity contribution in [2.75, 3.05) is 6.54 Å². The molecule has 2 N–H and O–H groups in total. The first-order valence-corrected chi connectivity index (χ1v) is 6.22. The van der Waals surface area contributed by atoms with E-state index in [0.29, 0.717) is 12.1 Å². The van der Waals surface area contributed by atoms with Crippen molar-refractivity contribution in [2.45, 2.75) is 19.6 Å². The maximum absolute atomic E-state index is 13.4. The molecule has 0 amide bonds. The van der Waals surface area contributed by atoms with Gasteiger partial charge >= 0.3 is 0 Å². The molecule has 19 heavy (non-hydrogen) atoms. The first-order chi connectivity index (χ1) is 9.16. The minimum absolute atomic E-state index is 0.288. The molecule has 1 aromatic carbocycles. The first kappa shape index (κ1) is 13.6. The lowest BCUT2D eigenvalue weighted by Gasteiger charge is -2.12. The first-order valence-electron chi connectivity index (χ1n) is 6.22. The number of aliphatic hydroxyl groups is 1. The van der Waals surface area contributed by atoms with Crippen molar-refractivity contribution in [2.24, 2.45) is 0 Å². The number of nitrogens with zero attached hydrogens (tertiary/aromatic N) is 1. The summed E-state index contributed by atoms with van der Waals surface area (Å²) in [6.07, 6.45) is -0.856. The van der Waals surface area contributed by atoms with Crippen LogP contribution in [0.3, 0.4) is 0 Å². The summed E-state index contributed by atoms with van der Waals surface area (Å²) >= 11 is 0. The van der Waals surface area contributed by atoms with E-state index in [1.54, 1.807) is 18.2 Å². The molecule has 0 radical (unpaired) electrons. The zero-order valence-corrected chi connectivity index (χ0v) is 10.8. The Bertz CT molecular complexity index is 545. The summed E-state index contributed by atoms with van der Waals surface area (Å²) in [6.45, 7) is 2.77.